The van der Waals surface area contributed by atoms with Crippen molar-refractivity contribution >= 4 is 98.7 Å². The van der Waals surface area contributed by atoms with Crippen molar-refractivity contribution in [1.29, 1.82) is 0 Å². The topological polar surface area (TPSA) is 16.3 Å². The lowest BCUT2D eigenvalue weighted by Crippen LogP contribution is -2.28. The number of aryl methyl sites for hydroxylation is 2. The SMILES string of the molecule is CC(C)c1cc(N(c2ccc3c4ccccc4n(-c4ccc(C(C)(C)C)cc4)c3c2)C2CCCc3ccccc32)c2ccc3c(C(C)C)cc(N(c4ccc5c6ccccc6n(-c6ccc(C(C)(C)C)cc6)c5c4)C4CCCc5ccccc54)c4ccc1c2c34. The van der Waals surface area contributed by atoms with Gasteiger partial charge in [0.15, 0.2) is 0 Å². The summed E-state index contributed by atoms with van der Waals surface area (Å²) in [4.78, 5) is 5.58. The first kappa shape index (κ1) is 56.1. The first-order valence-electron chi connectivity index (χ1n) is 33.4. The zero-order valence-electron chi connectivity index (χ0n) is 54.1. The van der Waals surface area contributed by atoms with Gasteiger partial charge in [-0.2, -0.15) is 0 Å². The average Bonchev–Trinajstić information content (AvgIpc) is 0.801. The molecule has 2 atom stereocenters. The van der Waals surface area contributed by atoms with E-state index in [0.717, 1.165) is 38.5 Å². The lowest BCUT2D eigenvalue weighted by atomic mass is 9.82. The van der Waals surface area contributed by atoms with Crippen LogP contribution in [0.3, 0.4) is 0 Å². The van der Waals surface area contributed by atoms with Gasteiger partial charge in [0.25, 0.3) is 0 Å². The third-order valence-corrected chi connectivity index (χ3v) is 20.8. The second-order valence-corrected chi connectivity index (χ2v) is 29.0. The first-order chi connectivity index (χ1) is 43.6. The minimum Gasteiger partial charge on any atom is -0.333 e. The lowest BCUT2D eigenvalue weighted by molar-refractivity contribution is 0.559. The molecule has 0 spiro atoms. The van der Waals surface area contributed by atoms with E-state index in [9.17, 15) is 0 Å². The third-order valence-electron chi connectivity index (χ3n) is 20.8. The molecule has 2 aliphatic rings. The molecule has 0 fully saturated rings. The van der Waals surface area contributed by atoms with Gasteiger partial charge in [-0.3, -0.25) is 0 Å². The van der Waals surface area contributed by atoms with Crippen molar-refractivity contribution in [3.8, 4) is 11.4 Å². The molecule has 0 aliphatic heterocycles. The van der Waals surface area contributed by atoms with Crippen LogP contribution in [0.4, 0.5) is 22.7 Å². The smallest absolute Gasteiger partial charge is 0.0594 e. The maximum Gasteiger partial charge on any atom is 0.0594 e. The van der Waals surface area contributed by atoms with Gasteiger partial charge >= 0.3 is 0 Å². The molecule has 0 saturated heterocycles. The van der Waals surface area contributed by atoms with Crippen LogP contribution in [-0.4, -0.2) is 9.13 Å². The van der Waals surface area contributed by atoms with E-state index in [2.05, 4.69) is 307 Å². The molecule has 2 heterocycles. The minimum atomic E-state index is 0.0518. The molecule has 14 aromatic rings. The van der Waals surface area contributed by atoms with Crippen LogP contribution in [0.15, 0.2) is 218 Å². The number of fused-ring (bicyclic) bond motifs is 8. The van der Waals surface area contributed by atoms with E-state index in [-0.39, 0.29) is 34.7 Å². The van der Waals surface area contributed by atoms with Crippen LogP contribution in [0.1, 0.15) is 163 Å². The van der Waals surface area contributed by atoms with Gasteiger partial charge in [0.05, 0.1) is 34.2 Å². The summed E-state index contributed by atoms with van der Waals surface area (Å²) in [7, 11) is 0. The summed E-state index contributed by atoms with van der Waals surface area (Å²) in [5, 5.41) is 13.1. The Labute approximate surface area is 531 Å². The summed E-state index contributed by atoms with van der Waals surface area (Å²) in [6.07, 6.45) is 6.54. The fourth-order valence-corrected chi connectivity index (χ4v) is 16.3. The fraction of sp³-hybridized carbons (Fsp3) is 0.256. The molecule has 0 amide bonds. The van der Waals surface area contributed by atoms with Crippen molar-refractivity contribution in [3.05, 3.63) is 263 Å². The molecular formula is C86H82N4. The van der Waals surface area contributed by atoms with Gasteiger partial charge in [0, 0.05) is 66.4 Å². The van der Waals surface area contributed by atoms with Crippen LogP contribution >= 0.6 is 0 Å². The number of hydrogen-bond acceptors (Lipinski definition) is 2. The number of rotatable bonds is 10. The highest BCUT2D eigenvalue weighted by molar-refractivity contribution is 6.29. The predicted molar refractivity (Wildman–Crippen MR) is 386 cm³/mol. The minimum absolute atomic E-state index is 0.0518. The Kier molecular flexibility index (Phi) is 13.3. The maximum absolute atomic E-state index is 2.79. The number of anilines is 4. The van der Waals surface area contributed by atoms with E-state index in [4.69, 9.17) is 0 Å². The Morgan fingerprint density at radius 3 is 1.11 bits per heavy atom. The number of aromatic nitrogens is 2. The molecule has 16 rings (SSSR count). The number of benzene rings is 12. The molecule has 2 aromatic heterocycles. The summed E-state index contributed by atoms with van der Waals surface area (Å²) in [6.45, 7) is 23.5. The highest BCUT2D eigenvalue weighted by Crippen LogP contribution is 2.54. The molecule has 0 saturated carbocycles. The monoisotopic (exact) mass is 1170 g/mol. The molecule has 0 radical (unpaired) electrons. The standard InChI is InChI=1S/C86H82N4/c1-53(2)73-51-81(89(75-31-19-23-55-21-11-13-25-63(55)75)61-41-43-67-65-27-15-17-29-77(65)87(79(67)49-61)59-37-33-57(34-38-59)85(5,6)7)71-48-46-70-74(54(3)4)52-82(72-47-45-69(73)83(71)84(70)72)90(76-32-20-24-56-22-12-14-26-64(56)76)62-42-44-68-66-28-16-18-30-78(66)88(80(68)50-62)60-39-35-58(36-40-60)86(8,9)10/h11-18,21-22,25-30,33-54,75-76H,19-20,23-24,31-32H2,1-10H3. The first-order valence-corrected chi connectivity index (χ1v) is 33.4. The lowest BCUT2D eigenvalue weighted by Gasteiger charge is -2.40. The summed E-state index contributed by atoms with van der Waals surface area (Å²) in [6, 6.07) is 85.6. The van der Waals surface area contributed by atoms with Gasteiger partial charge in [-0.25, -0.2) is 0 Å². The highest BCUT2D eigenvalue weighted by atomic mass is 15.2. The van der Waals surface area contributed by atoms with Crippen LogP contribution in [0.2, 0.25) is 0 Å². The molecule has 2 unspecified atom stereocenters. The molecule has 0 N–H and O–H groups in total. The zero-order chi connectivity index (χ0) is 61.5. The second kappa shape index (κ2) is 21.3. The Balaban J connectivity index is 0.970. The number of nitrogens with zero attached hydrogens (tertiary/aromatic N) is 4. The van der Waals surface area contributed by atoms with Gasteiger partial charge in [0.2, 0.25) is 0 Å². The molecular weight excluding hydrogens is 1090 g/mol. The Bertz CT molecular complexity index is 4790. The van der Waals surface area contributed by atoms with Gasteiger partial charge in [-0.05, 0) is 200 Å². The van der Waals surface area contributed by atoms with Crippen molar-refractivity contribution in [1.82, 2.24) is 9.13 Å². The van der Waals surface area contributed by atoms with Crippen molar-refractivity contribution in [2.24, 2.45) is 0 Å². The molecule has 2 aliphatic carbocycles. The van der Waals surface area contributed by atoms with E-state index in [1.54, 1.807) is 0 Å². The summed E-state index contributed by atoms with van der Waals surface area (Å²) >= 11 is 0. The van der Waals surface area contributed by atoms with Gasteiger partial charge in [0.1, 0.15) is 0 Å². The fourth-order valence-electron chi connectivity index (χ4n) is 16.3. The molecule has 4 nitrogen and oxygen atoms in total. The summed E-state index contributed by atoms with van der Waals surface area (Å²) in [5.41, 5.74) is 23.6. The quantitative estimate of drug-likeness (QED) is 0.127. The van der Waals surface area contributed by atoms with Crippen LogP contribution in [0.5, 0.6) is 0 Å². The van der Waals surface area contributed by atoms with Crippen LogP contribution < -0.4 is 9.80 Å². The normalized spacial score (nSPS) is 15.6. The summed E-state index contributed by atoms with van der Waals surface area (Å²) in [5.74, 6) is 0.523. The molecule has 4 heteroatoms. The largest absolute Gasteiger partial charge is 0.333 e. The molecule has 0 bridgehead atoms. The third kappa shape index (κ3) is 8.98. The summed E-state index contributed by atoms with van der Waals surface area (Å²) < 4.78 is 5.04. The van der Waals surface area contributed by atoms with Crippen LogP contribution in [0.25, 0.3) is 87.3 Å². The van der Waals surface area contributed by atoms with Gasteiger partial charge < -0.3 is 18.9 Å². The van der Waals surface area contributed by atoms with E-state index in [1.807, 2.05) is 0 Å². The van der Waals surface area contributed by atoms with Gasteiger partial charge in [-0.1, -0.05) is 215 Å². The Hall–Kier alpha value is -9.12. The van der Waals surface area contributed by atoms with E-state index < -0.39 is 0 Å². The highest BCUT2D eigenvalue weighted by Gasteiger charge is 2.34. The second-order valence-electron chi connectivity index (χ2n) is 29.0. The van der Waals surface area contributed by atoms with Crippen molar-refractivity contribution in [2.75, 3.05) is 9.80 Å². The van der Waals surface area contributed by atoms with Crippen molar-refractivity contribution in [3.63, 3.8) is 0 Å². The number of para-hydroxylation sites is 2. The van der Waals surface area contributed by atoms with E-state index >= 15 is 0 Å². The molecule has 12 aromatic carbocycles. The van der Waals surface area contributed by atoms with Crippen molar-refractivity contribution < 1.29 is 0 Å². The van der Waals surface area contributed by atoms with E-state index in [1.165, 1.54) is 155 Å². The van der Waals surface area contributed by atoms with Crippen molar-refractivity contribution in [2.45, 2.75) is 143 Å². The average molecular weight is 1170 g/mol. The van der Waals surface area contributed by atoms with Crippen LogP contribution in [0, 0.1) is 0 Å². The van der Waals surface area contributed by atoms with Crippen LogP contribution in [-0.2, 0) is 23.7 Å². The molecule has 446 valence electrons. The Morgan fingerprint density at radius 1 is 0.356 bits per heavy atom. The zero-order valence-corrected chi connectivity index (χ0v) is 54.1. The van der Waals surface area contributed by atoms with E-state index in [0.29, 0.717) is 0 Å². The maximum atomic E-state index is 2.79. The predicted octanol–water partition coefficient (Wildman–Crippen LogP) is 24.1. The molecule has 90 heavy (non-hydrogen) atoms. The Morgan fingerprint density at radius 2 is 0.711 bits per heavy atom. The van der Waals surface area contributed by atoms with Gasteiger partial charge in [-0.15, -0.1) is 0 Å². The number of hydrogen-bond donors (Lipinski definition) is 0.